The molecule has 0 aromatic carbocycles. The van der Waals surface area contributed by atoms with E-state index < -0.39 is 28.0 Å². The van der Waals surface area contributed by atoms with Crippen molar-refractivity contribution >= 4 is 29.1 Å². The lowest BCUT2D eigenvalue weighted by atomic mass is 9.46. The van der Waals surface area contributed by atoms with Crippen molar-refractivity contribution in [2.24, 2.45) is 28.6 Å². The number of hydrogen-bond acceptors (Lipinski definition) is 6. The highest BCUT2D eigenvalue weighted by Gasteiger charge is 2.82. The minimum atomic E-state index is -1.39. The zero-order valence-corrected chi connectivity index (χ0v) is 20.3. The lowest BCUT2D eigenvalue weighted by Gasteiger charge is -2.56. The van der Waals surface area contributed by atoms with Crippen LogP contribution in [0.5, 0.6) is 0 Å². The van der Waals surface area contributed by atoms with E-state index in [1.165, 1.54) is 12.3 Å². The van der Waals surface area contributed by atoms with Crippen LogP contribution in [0, 0.1) is 28.6 Å². The molecular formula is C27H29ClO6. The smallest absolute Gasteiger partial charge is 0.375 e. The van der Waals surface area contributed by atoms with Crippen molar-refractivity contribution in [2.45, 2.75) is 63.8 Å². The second-order valence-electron chi connectivity index (χ2n) is 11.1. The number of halogens is 1. The minimum absolute atomic E-state index is 0.00712. The van der Waals surface area contributed by atoms with Crippen LogP contribution in [0.1, 0.15) is 58.4 Å². The average Bonchev–Trinajstić information content (AvgIpc) is 3.18. The molecule has 0 radical (unpaired) electrons. The van der Waals surface area contributed by atoms with E-state index in [1.807, 2.05) is 6.92 Å². The molecule has 3 saturated carbocycles. The number of furan rings is 1. The molecule has 180 valence electrons. The zero-order valence-electron chi connectivity index (χ0n) is 20.6. The van der Waals surface area contributed by atoms with Gasteiger partial charge < -0.3 is 13.9 Å². The molecule has 0 bridgehead atoms. The van der Waals surface area contributed by atoms with Gasteiger partial charge in [0.2, 0.25) is 5.76 Å². The Morgan fingerprint density at radius 2 is 2.12 bits per heavy atom. The Morgan fingerprint density at radius 1 is 1.32 bits per heavy atom. The highest BCUT2D eigenvalue weighted by molar-refractivity contribution is 6.29. The van der Waals surface area contributed by atoms with Gasteiger partial charge in [0, 0.05) is 16.7 Å². The summed E-state index contributed by atoms with van der Waals surface area (Å²) in [5.74, 6) is -1.50. The summed E-state index contributed by atoms with van der Waals surface area (Å²) in [6.45, 7) is 6.11. The normalized spacial score (nSPS) is 46.7. The molecule has 1 spiro atoms. The topological polar surface area (TPSA) is 86.1 Å². The predicted molar refractivity (Wildman–Crippen MR) is 123 cm³/mol. The van der Waals surface area contributed by atoms with E-state index >= 15 is 0 Å². The van der Waals surface area contributed by atoms with Crippen molar-refractivity contribution in [3.63, 3.8) is 0 Å². The summed E-state index contributed by atoms with van der Waals surface area (Å²) in [6.07, 6.45) is 7.42. The maximum Gasteiger partial charge on any atom is 0.375 e. The van der Waals surface area contributed by atoms with Gasteiger partial charge in [-0.15, -0.1) is 11.6 Å². The second kappa shape index (κ2) is 6.94. The summed E-state index contributed by atoms with van der Waals surface area (Å²) >= 11 is 6.15. The van der Waals surface area contributed by atoms with Crippen molar-refractivity contribution in [1.82, 2.24) is 0 Å². The van der Waals surface area contributed by atoms with Crippen LogP contribution in [-0.4, -0.2) is 40.7 Å². The molecule has 6 nitrogen and oxygen atoms in total. The molecule has 1 aromatic heterocycles. The summed E-state index contributed by atoms with van der Waals surface area (Å²) in [5.41, 5.74) is -2.09. The fraction of sp³-hybridized carbons (Fsp3) is 0.593. The Bertz CT molecular complexity index is 1200. The molecule has 5 aliphatic rings. The number of ketones is 2. The Kier molecular flexibility index (Phi) is 4.32. The van der Waals surface area contributed by atoms with Gasteiger partial charge in [0.05, 0.1) is 19.6 Å². The quantitative estimate of drug-likeness (QED) is 0.349. The molecule has 8 atom stereocenters. The molecule has 7 heteroatoms. The first-order valence-electron chi connectivity index (χ1n) is 12.5. The summed E-state index contributed by atoms with van der Waals surface area (Å²) in [7, 11) is 0. The van der Waals surface area contributed by atoms with Gasteiger partial charge >= 0.3 is 5.97 Å². The van der Waals surface area contributed by atoms with Crippen molar-refractivity contribution in [3.05, 3.63) is 47.9 Å². The number of esters is 1. The largest absolute Gasteiger partial charge is 0.457 e. The van der Waals surface area contributed by atoms with E-state index in [-0.39, 0.29) is 53.1 Å². The van der Waals surface area contributed by atoms with Crippen LogP contribution in [0.2, 0.25) is 0 Å². The van der Waals surface area contributed by atoms with Gasteiger partial charge in [-0.3, -0.25) is 9.59 Å². The maximum atomic E-state index is 13.6. The van der Waals surface area contributed by atoms with E-state index in [0.717, 1.165) is 18.4 Å². The van der Waals surface area contributed by atoms with E-state index in [4.69, 9.17) is 26.9 Å². The number of fused-ring (bicyclic) bond motifs is 3. The number of allylic oxidation sites excluding steroid dienone is 2. The molecule has 0 N–H and O–H groups in total. The molecule has 1 saturated heterocycles. The second-order valence-corrected chi connectivity index (χ2v) is 11.4. The Hall–Kier alpha value is -2.18. The third-order valence-corrected chi connectivity index (χ3v) is 10.1. The fourth-order valence-electron chi connectivity index (χ4n) is 8.44. The molecule has 2 unspecified atom stereocenters. The lowest BCUT2D eigenvalue weighted by molar-refractivity contribution is -0.162. The highest BCUT2D eigenvalue weighted by atomic mass is 35.5. The first-order chi connectivity index (χ1) is 16.5. The predicted octanol–water partition coefficient (Wildman–Crippen LogP) is 4.67. The third kappa shape index (κ3) is 2.44. The molecule has 1 aliphatic heterocycles. The van der Waals surface area contributed by atoms with Gasteiger partial charge in [0.15, 0.2) is 17.2 Å². The molecule has 4 aliphatic carbocycles. The van der Waals surface area contributed by atoms with Crippen LogP contribution in [0.3, 0.4) is 0 Å². The van der Waals surface area contributed by atoms with Gasteiger partial charge in [0.25, 0.3) is 0 Å². The maximum absolute atomic E-state index is 13.6. The summed E-state index contributed by atoms with van der Waals surface area (Å²) in [5, 5.41) is 0. The number of carbonyl (C=O) groups is 3. The summed E-state index contributed by atoms with van der Waals surface area (Å²) in [6, 6.07) is 3.15. The molecule has 2 heterocycles. The van der Waals surface area contributed by atoms with Gasteiger partial charge in [-0.05, 0) is 68.7 Å². The van der Waals surface area contributed by atoms with Gasteiger partial charge in [-0.25, -0.2) is 4.79 Å². The van der Waals surface area contributed by atoms with Crippen LogP contribution in [-0.2, 0) is 19.1 Å². The number of rotatable bonds is 4. The van der Waals surface area contributed by atoms with E-state index in [1.54, 1.807) is 18.2 Å². The van der Waals surface area contributed by atoms with Gasteiger partial charge in [0.1, 0.15) is 5.60 Å². The molecular weight excluding hydrogens is 456 g/mol. The van der Waals surface area contributed by atoms with Crippen LogP contribution in [0.25, 0.3) is 0 Å². The first-order valence-corrected chi connectivity index (χ1v) is 12.6. The monoisotopic (exact) mass is 486 g/mol. The molecule has 6 rings (SSSR count). The number of ether oxygens (including phenoxy) is 2. The molecule has 34 heavy (non-hydrogen) atoms. The van der Waals surface area contributed by atoms with Gasteiger partial charge in [-0.2, -0.15) is 0 Å². The number of hydrogen-bond donors (Lipinski definition) is 0. The summed E-state index contributed by atoms with van der Waals surface area (Å²) in [4.78, 5) is 39.0. The van der Waals surface area contributed by atoms with Crippen LogP contribution in [0.4, 0.5) is 0 Å². The molecule has 4 fully saturated rings. The first kappa shape index (κ1) is 21.1. The van der Waals surface area contributed by atoms with E-state index in [0.29, 0.717) is 12.8 Å². The number of alkyl halides is 1. The highest BCUT2D eigenvalue weighted by Crippen LogP contribution is 2.77. The number of carbonyl (C=O) groups excluding carboxylic acids is 3. The summed E-state index contributed by atoms with van der Waals surface area (Å²) < 4.78 is 26.2. The standard InChI is InChI=1S/C27H29ClO6/c1-15-11-19-18-7-6-16-12-17(29)8-9-24(16,2)27(18)22(33-27)13-25(19,3)26(15,21(30)14-28)34-23(31)20-5-4-10-32-20/h4-5,8-10,12,15,18-19,22H,6-7,11,13-14H2,1-3H3/t15-,18+,19+,22?,24+,25+,26+,27?/m1/s1/i8T. The minimum Gasteiger partial charge on any atom is -0.457 e. The lowest BCUT2D eigenvalue weighted by Crippen LogP contribution is -2.63. The zero-order chi connectivity index (χ0) is 25.0. The fourth-order valence-corrected chi connectivity index (χ4v) is 8.64. The number of epoxide rings is 1. The van der Waals surface area contributed by atoms with Crippen molar-refractivity contribution < 1.29 is 29.6 Å². The van der Waals surface area contributed by atoms with E-state index in [2.05, 4.69) is 13.8 Å². The van der Waals surface area contributed by atoms with Gasteiger partial charge in [-0.1, -0.05) is 25.5 Å². The van der Waals surface area contributed by atoms with Crippen LogP contribution >= 0.6 is 11.6 Å². The van der Waals surface area contributed by atoms with Crippen molar-refractivity contribution in [2.75, 3.05) is 5.88 Å². The Morgan fingerprint density at radius 3 is 2.82 bits per heavy atom. The molecule has 1 aromatic rings. The van der Waals surface area contributed by atoms with Crippen molar-refractivity contribution in [3.8, 4) is 0 Å². The Labute approximate surface area is 205 Å². The van der Waals surface area contributed by atoms with E-state index in [9.17, 15) is 14.4 Å². The van der Waals surface area contributed by atoms with Crippen LogP contribution < -0.4 is 0 Å². The van der Waals surface area contributed by atoms with Crippen molar-refractivity contribution in [1.29, 1.82) is 0 Å². The average molecular weight is 487 g/mol. The third-order valence-electron chi connectivity index (χ3n) is 9.90. The van der Waals surface area contributed by atoms with Crippen LogP contribution in [0.15, 0.2) is 46.6 Å². The SMILES string of the molecule is [3H]C1=C[C@@]2(C)C(=CC1=O)CC[C@H]1[C@@H]3C[C@@H](C)[C@](OC(=O)c4ccco4)(C(=O)CCl)[C@@]3(C)CC3OC312. The molecule has 0 amide bonds. The Balaban J connectivity index is 1.44. The number of Topliss-reactive ketones (excluding diaryl/α,β-unsaturated/α-hetero) is 1.